The number of nitrogens with zero attached hydrogens (tertiary/aromatic N) is 2. The van der Waals surface area contributed by atoms with Crippen LogP contribution in [-0.4, -0.2) is 22.0 Å². The van der Waals surface area contributed by atoms with E-state index in [0.29, 0.717) is 25.3 Å². The number of aryl methyl sites for hydroxylation is 2. The van der Waals surface area contributed by atoms with E-state index in [4.69, 9.17) is 4.98 Å². The number of nitrogens with one attached hydrogen (secondary N) is 1. The summed E-state index contributed by atoms with van der Waals surface area (Å²) in [6, 6.07) is 10.3. The summed E-state index contributed by atoms with van der Waals surface area (Å²) in [5.74, 6) is 0.967. The molecule has 3 rings (SSSR count). The normalized spacial score (nSPS) is 12.5. The third kappa shape index (κ3) is 4.66. The molecule has 0 aliphatic rings. The molecular formula is C24H30FN3O. The van der Waals surface area contributed by atoms with Gasteiger partial charge in [-0.2, -0.15) is 0 Å². The van der Waals surface area contributed by atoms with Gasteiger partial charge < -0.3 is 9.88 Å². The zero-order valence-corrected chi connectivity index (χ0v) is 17.9. The molecule has 154 valence electrons. The molecule has 0 saturated heterocycles. The first-order valence-corrected chi connectivity index (χ1v) is 10.3. The number of carbonyl (C=O) groups excluding carboxylic acids is 1. The van der Waals surface area contributed by atoms with Crippen LogP contribution in [0.2, 0.25) is 0 Å². The predicted octanol–water partition coefficient (Wildman–Crippen LogP) is 5.11. The van der Waals surface area contributed by atoms with Crippen molar-refractivity contribution >= 4 is 16.9 Å². The largest absolute Gasteiger partial charge is 0.354 e. The lowest BCUT2D eigenvalue weighted by Gasteiger charge is -2.21. The van der Waals surface area contributed by atoms with Gasteiger partial charge in [-0.1, -0.05) is 32.9 Å². The molecule has 0 radical (unpaired) electrons. The average molecular weight is 396 g/mol. The van der Waals surface area contributed by atoms with Crippen LogP contribution in [0.5, 0.6) is 0 Å². The zero-order chi connectivity index (χ0) is 21.1. The van der Waals surface area contributed by atoms with Gasteiger partial charge in [-0.25, -0.2) is 9.37 Å². The lowest BCUT2D eigenvalue weighted by Crippen LogP contribution is -2.35. The van der Waals surface area contributed by atoms with Crippen LogP contribution in [0.3, 0.4) is 0 Å². The minimum absolute atomic E-state index is 0.0130. The average Bonchev–Trinajstić information content (AvgIpc) is 3.00. The van der Waals surface area contributed by atoms with Crippen LogP contribution in [-0.2, 0) is 11.2 Å². The van der Waals surface area contributed by atoms with Gasteiger partial charge in [0.2, 0.25) is 5.91 Å². The molecule has 0 spiro atoms. The molecule has 5 heteroatoms. The molecule has 2 aromatic carbocycles. The number of hydrogen-bond donors (Lipinski definition) is 1. The molecule has 0 aliphatic carbocycles. The molecule has 0 unspecified atom stereocenters. The lowest BCUT2D eigenvalue weighted by atomic mass is 10.1. The van der Waals surface area contributed by atoms with Crippen molar-refractivity contribution < 1.29 is 9.18 Å². The number of imidazole rings is 1. The Labute approximate surface area is 172 Å². The highest BCUT2D eigenvalue weighted by atomic mass is 19.1. The molecule has 29 heavy (non-hydrogen) atoms. The summed E-state index contributed by atoms with van der Waals surface area (Å²) in [5, 5.41) is 3.07. The van der Waals surface area contributed by atoms with E-state index in [9.17, 15) is 9.18 Å². The van der Waals surface area contributed by atoms with E-state index in [0.717, 1.165) is 22.4 Å². The van der Waals surface area contributed by atoms with Gasteiger partial charge in [0.25, 0.3) is 0 Å². The molecule has 0 fully saturated rings. The van der Waals surface area contributed by atoms with Crippen LogP contribution in [0, 0.1) is 25.6 Å². The minimum atomic E-state index is -0.337. The second-order valence-electron chi connectivity index (χ2n) is 8.19. The van der Waals surface area contributed by atoms with Crippen LogP contribution in [0.25, 0.3) is 11.0 Å². The molecule has 0 bridgehead atoms. The van der Waals surface area contributed by atoms with Crippen molar-refractivity contribution in [3.8, 4) is 0 Å². The summed E-state index contributed by atoms with van der Waals surface area (Å²) in [6.45, 7) is 11.0. The van der Waals surface area contributed by atoms with Crippen LogP contribution in [0.1, 0.15) is 55.7 Å². The summed E-state index contributed by atoms with van der Waals surface area (Å²) in [4.78, 5) is 17.9. The van der Waals surface area contributed by atoms with Gasteiger partial charge in [0, 0.05) is 13.0 Å². The van der Waals surface area contributed by atoms with Crippen LogP contribution < -0.4 is 5.32 Å². The molecular weight excluding hydrogens is 365 g/mol. The van der Waals surface area contributed by atoms with Gasteiger partial charge in [-0.15, -0.1) is 0 Å². The van der Waals surface area contributed by atoms with Crippen LogP contribution >= 0.6 is 0 Å². The van der Waals surface area contributed by atoms with Crippen molar-refractivity contribution in [2.75, 3.05) is 6.54 Å². The number of carbonyl (C=O) groups is 1. The summed E-state index contributed by atoms with van der Waals surface area (Å²) >= 11 is 0. The monoisotopic (exact) mass is 395 g/mol. The molecule has 1 atom stereocenters. The number of hydrogen-bond acceptors (Lipinski definition) is 2. The topological polar surface area (TPSA) is 46.9 Å². The van der Waals surface area contributed by atoms with Gasteiger partial charge >= 0.3 is 0 Å². The molecule has 1 heterocycles. The molecule has 0 saturated carbocycles. The maximum atomic E-state index is 13.3. The van der Waals surface area contributed by atoms with Crippen LogP contribution in [0.4, 0.5) is 4.39 Å². The van der Waals surface area contributed by atoms with E-state index < -0.39 is 0 Å². The van der Waals surface area contributed by atoms with Gasteiger partial charge in [0.15, 0.2) is 0 Å². The second kappa shape index (κ2) is 8.76. The quantitative estimate of drug-likeness (QED) is 0.604. The fourth-order valence-electron chi connectivity index (χ4n) is 3.57. The maximum Gasteiger partial charge on any atom is 0.243 e. The summed E-state index contributed by atoms with van der Waals surface area (Å²) < 4.78 is 15.4. The Morgan fingerprint density at radius 1 is 1.14 bits per heavy atom. The molecule has 1 N–H and O–H groups in total. The number of benzene rings is 2. The highest BCUT2D eigenvalue weighted by Gasteiger charge is 2.24. The Bertz CT molecular complexity index is 1010. The first-order chi connectivity index (χ1) is 13.8. The van der Waals surface area contributed by atoms with Crippen molar-refractivity contribution in [3.05, 3.63) is 64.7 Å². The standard InChI is InChI=1S/C24H30FN3O/c1-6-21(24(29)26-14-15(2)3)28-22-12-17(5)16(4)11-20(22)27-23(28)13-18-7-9-19(25)10-8-18/h7-12,15,21H,6,13-14H2,1-5H3,(H,26,29)/t21-/m0/s1. The van der Waals surface area contributed by atoms with Gasteiger partial charge in [0.1, 0.15) is 17.7 Å². The summed E-state index contributed by atoms with van der Waals surface area (Å²) in [5.41, 5.74) is 5.17. The number of rotatable bonds is 7. The molecule has 1 aromatic heterocycles. The van der Waals surface area contributed by atoms with E-state index in [2.05, 4.69) is 49.7 Å². The Balaban J connectivity index is 2.09. The highest BCUT2D eigenvalue weighted by molar-refractivity contribution is 5.85. The van der Waals surface area contributed by atoms with Gasteiger partial charge in [-0.05, 0) is 67.1 Å². The van der Waals surface area contributed by atoms with Crippen LogP contribution in [0.15, 0.2) is 36.4 Å². The maximum absolute atomic E-state index is 13.3. The summed E-state index contributed by atoms with van der Waals surface area (Å²) in [6.07, 6.45) is 1.21. The van der Waals surface area contributed by atoms with Crippen molar-refractivity contribution in [2.45, 2.75) is 53.5 Å². The molecule has 3 aromatic rings. The number of amides is 1. The Morgan fingerprint density at radius 3 is 2.41 bits per heavy atom. The third-order valence-corrected chi connectivity index (χ3v) is 5.34. The third-order valence-electron chi connectivity index (χ3n) is 5.34. The summed E-state index contributed by atoms with van der Waals surface area (Å²) in [7, 11) is 0. The van der Waals surface area contributed by atoms with E-state index in [-0.39, 0.29) is 17.8 Å². The Morgan fingerprint density at radius 2 is 1.79 bits per heavy atom. The van der Waals surface area contributed by atoms with Crippen molar-refractivity contribution in [2.24, 2.45) is 5.92 Å². The van der Waals surface area contributed by atoms with Crippen molar-refractivity contribution in [3.63, 3.8) is 0 Å². The fraction of sp³-hybridized carbons (Fsp3) is 0.417. The smallest absolute Gasteiger partial charge is 0.243 e. The number of fused-ring (bicyclic) bond motifs is 1. The molecule has 0 aliphatic heterocycles. The van der Waals surface area contributed by atoms with Gasteiger partial charge in [-0.3, -0.25) is 4.79 Å². The molecule has 4 nitrogen and oxygen atoms in total. The van der Waals surface area contributed by atoms with Crippen molar-refractivity contribution in [1.29, 1.82) is 0 Å². The first-order valence-electron chi connectivity index (χ1n) is 10.3. The second-order valence-corrected chi connectivity index (χ2v) is 8.19. The first kappa shape index (κ1) is 21.0. The number of aromatic nitrogens is 2. The highest BCUT2D eigenvalue weighted by Crippen LogP contribution is 2.27. The predicted molar refractivity (Wildman–Crippen MR) is 116 cm³/mol. The fourth-order valence-corrected chi connectivity index (χ4v) is 3.57. The van der Waals surface area contributed by atoms with E-state index in [1.54, 1.807) is 12.1 Å². The Kier molecular flexibility index (Phi) is 6.36. The van der Waals surface area contributed by atoms with E-state index in [1.165, 1.54) is 23.3 Å². The Hall–Kier alpha value is -2.69. The van der Waals surface area contributed by atoms with E-state index >= 15 is 0 Å². The SMILES string of the molecule is CC[C@@H](C(=O)NCC(C)C)n1c(Cc2ccc(F)cc2)nc2cc(C)c(C)cc21. The zero-order valence-electron chi connectivity index (χ0n) is 17.9. The lowest BCUT2D eigenvalue weighted by molar-refractivity contribution is -0.124. The van der Waals surface area contributed by atoms with Gasteiger partial charge in [0.05, 0.1) is 11.0 Å². The number of halogens is 1. The minimum Gasteiger partial charge on any atom is -0.354 e. The molecule has 1 amide bonds. The van der Waals surface area contributed by atoms with Crippen molar-refractivity contribution in [1.82, 2.24) is 14.9 Å². The van der Waals surface area contributed by atoms with E-state index in [1.807, 2.05) is 6.92 Å².